The van der Waals surface area contributed by atoms with Crippen molar-refractivity contribution < 1.29 is 0 Å². The molecule has 3 nitrogen and oxygen atoms in total. The van der Waals surface area contributed by atoms with Gasteiger partial charge in [0.15, 0.2) is 0 Å². The minimum absolute atomic E-state index is 0.894. The van der Waals surface area contributed by atoms with Crippen LogP contribution in [0, 0.1) is 0 Å². The zero-order chi connectivity index (χ0) is 12.1. The topological polar surface area (TPSA) is 29.9 Å². The number of nitrogens with zero attached hydrogens (tertiary/aromatic N) is 2. The summed E-state index contributed by atoms with van der Waals surface area (Å²) in [5.41, 5.74) is 1.10. The molecule has 2 aromatic rings. The van der Waals surface area contributed by atoms with Crippen molar-refractivity contribution in [1.82, 2.24) is 9.55 Å². The molecule has 90 valence electrons. The number of nitrogens with one attached hydrogen (secondary N) is 1. The second kappa shape index (κ2) is 5.87. The molecule has 2 rings (SSSR count). The molecule has 0 spiro atoms. The first kappa shape index (κ1) is 12.2. The van der Waals surface area contributed by atoms with Crippen molar-refractivity contribution in [2.45, 2.75) is 19.8 Å². The van der Waals surface area contributed by atoms with E-state index in [4.69, 9.17) is 0 Å². The molecule has 0 saturated carbocycles. The second-order valence-electron chi connectivity index (χ2n) is 3.85. The minimum atomic E-state index is 0.894. The van der Waals surface area contributed by atoms with Crippen molar-refractivity contribution in [3.8, 4) is 5.69 Å². The number of imidazole rings is 1. The van der Waals surface area contributed by atoms with Gasteiger partial charge in [-0.25, -0.2) is 4.98 Å². The molecule has 0 saturated heterocycles. The minimum Gasteiger partial charge on any atom is -0.355 e. The number of rotatable bonds is 5. The van der Waals surface area contributed by atoms with Crippen LogP contribution in [0.5, 0.6) is 0 Å². The number of anilines is 1. The van der Waals surface area contributed by atoms with Crippen LogP contribution in [0.25, 0.3) is 5.69 Å². The van der Waals surface area contributed by atoms with Gasteiger partial charge < -0.3 is 5.32 Å². The molecule has 0 aliphatic carbocycles. The van der Waals surface area contributed by atoms with Crippen molar-refractivity contribution in [2.75, 3.05) is 11.9 Å². The van der Waals surface area contributed by atoms with Crippen LogP contribution in [0.2, 0.25) is 0 Å². The molecule has 1 heterocycles. The molecular weight excluding hydrogens is 278 g/mol. The van der Waals surface area contributed by atoms with Crippen LogP contribution in [0.3, 0.4) is 0 Å². The number of benzene rings is 1. The summed E-state index contributed by atoms with van der Waals surface area (Å²) in [5.74, 6) is 0.894. The Hall–Kier alpha value is -1.29. The highest BCUT2D eigenvalue weighted by Gasteiger charge is 2.06. The van der Waals surface area contributed by atoms with Gasteiger partial charge in [-0.15, -0.1) is 0 Å². The van der Waals surface area contributed by atoms with Gasteiger partial charge in [-0.1, -0.05) is 25.5 Å². The zero-order valence-corrected chi connectivity index (χ0v) is 11.4. The molecule has 0 atom stereocenters. The van der Waals surface area contributed by atoms with E-state index in [9.17, 15) is 0 Å². The third kappa shape index (κ3) is 2.88. The zero-order valence-electron chi connectivity index (χ0n) is 9.86. The van der Waals surface area contributed by atoms with Gasteiger partial charge in [0.25, 0.3) is 0 Å². The lowest BCUT2D eigenvalue weighted by Crippen LogP contribution is -2.07. The number of halogens is 1. The van der Waals surface area contributed by atoms with Crippen LogP contribution < -0.4 is 5.32 Å². The molecule has 1 N–H and O–H groups in total. The maximum Gasteiger partial charge on any atom is 0.207 e. The Morgan fingerprint density at radius 3 is 2.94 bits per heavy atom. The highest BCUT2D eigenvalue weighted by atomic mass is 79.9. The van der Waals surface area contributed by atoms with Gasteiger partial charge in [0.05, 0.1) is 5.69 Å². The monoisotopic (exact) mass is 293 g/mol. The summed E-state index contributed by atoms with van der Waals surface area (Å²) >= 11 is 3.56. The van der Waals surface area contributed by atoms with E-state index in [0.29, 0.717) is 0 Å². The fraction of sp³-hybridized carbons (Fsp3) is 0.308. The number of para-hydroxylation sites is 1. The summed E-state index contributed by atoms with van der Waals surface area (Å²) in [7, 11) is 0. The van der Waals surface area contributed by atoms with Gasteiger partial charge in [-0.05, 0) is 34.5 Å². The summed E-state index contributed by atoms with van der Waals surface area (Å²) in [6.45, 7) is 3.14. The average Bonchev–Trinajstić information content (AvgIpc) is 2.78. The normalized spacial score (nSPS) is 10.5. The van der Waals surface area contributed by atoms with Gasteiger partial charge in [0.1, 0.15) is 0 Å². The van der Waals surface area contributed by atoms with Gasteiger partial charge in [0.2, 0.25) is 5.95 Å². The highest BCUT2D eigenvalue weighted by molar-refractivity contribution is 9.10. The fourth-order valence-corrected chi connectivity index (χ4v) is 2.13. The van der Waals surface area contributed by atoms with E-state index < -0.39 is 0 Å². The van der Waals surface area contributed by atoms with Gasteiger partial charge >= 0.3 is 0 Å². The van der Waals surface area contributed by atoms with Crippen LogP contribution in [0.15, 0.2) is 41.1 Å². The Labute approximate surface area is 110 Å². The largest absolute Gasteiger partial charge is 0.355 e. The van der Waals surface area contributed by atoms with E-state index in [1.165, 1.54) is 6.42 Å². The van der Waals surface area contributed by atoms with Crippen molar-refractivity contribution in [3.05, 3.63) is 41.1 Å². The fourth-order valence-electron chi connectivity index (χ4n) is 1.65. The molecule has 1 aromatic carbocycles. The predicted molar refractivity (Wildman–Crippen MR) is 74.7 cm³/mol. The summed E-state index contributed by atoms with van der Waals surface area (Å²) in [6.07, 6.45) is 6.12. The maximum atomic E-state index is 4.34. The summed E-state index contributed by atoms with van der Waals surface area (Å²) in [4.78, 5) is 4.34. The van der Waals surface area contributed by atoms with Crippen molar-refractivity contribution in [2.24, 2.45) is 0 Å². The first-order valence-electron chi connectivity index (χ1n) is 5.85. The van der Waals surface area contributed by atoms with Crippen LogP contribution >= 0.6 is 15.9 Å². The second-order valence-corrected chi connectivity index (χ2v) is 4.71. The Morgan fingerprint density at radius 2 is 2.18 bits per heavy atom. The van der Waals surface area contributed by atoms with Gasteiger partial charge in [-0.3, -0.25) is 4.57 Å². The third-order valence-electron chi connectivity index (χ3n) is 2.57. The Morgan fingerprint density at radius 1 is 1.35 bits per heavy atom. The third-order valence-corrected chi connectivity index (χ3v) is 3.24. The molecule has 0 bridgehead atoms. The van der Waals surface area contributed by atoms with Crippen LogP contribution in [0.1, 0.15) is 19.8 Å². The van der Waals surface area contributed by atoms with E-state index in [0.717, 1.165) is 29.1 Å². The number of hydrogen-bond acceptors (Lipinski definition) is 2. The molecule has 1 aromatic heterocycles. The number of aromatic nitrogens is 2. The van der Waals surface area contributed by atoms with Crippen LogP contribution in [-0.4, -0.2) is 16.1 Å². The lowest BCUT2D eigenvalue weighted by Gasteiger charge is -2.10. The van der Waals surface area contributed by atoms with Crippen molar-refractivity contribution >= 4 is 21.9 Å². The van der Waals surface area contributed by atoms with Crippen LogP contribution in [0.4, 0.5) is 5.95 Å². The summed E-state index contributed by atoms with van der Waals surface area (Å²) in [5, 5.41) is 3.35. The lowest BCUT2D eigenvalue weighted by molar-refractivity contribution is 0.823. The Kier molecular flexibility index (Phi) is 4.20. The van der Waals surface area contributed by atoms with E-state index in [-0.39, 0.29) is 0 Å². The lowest BCUT2D eigenvalue weighted by atomic mass is 10.3. The van der Waals surface area contributed by atoms with E-state index in [1.54, 1.807) is 0 Å². The van der Waals surface area contributed by atoms with Gasteiger partial charge in [-0.2, -0.15) is 0 Å². The molecule has 0 aliphatic heterocycles. The molecule has 0 radical (unpaired) electrons. The molecular formula is C13H16BrN3. The molecule has 4 heteroatoms. The quantitative estimate of drug-likeness (QED) is 0.849. The molecule has 17 heavy (non-hydrogen) atoms. The first-order chi connectivity index (χ1) is 8.33. The molecule has 0 amide bonds. The number of unbranched alkanes of at least 4 members (excludes halogenated alkanes) is 1. The van der Waals surface area contributed by atoms with Crippen molar-refractivity contribution in [1.29, 1.82) is 0 Å². The Balaban J connectivity index is 2.22. The highest BCUT2D eigenvalue weighted by Crippen LogP contribution is 2.23. The van der Waals surface area contributed by atoms with E-state index in [1.807, 2.05) is 30.6 Å². The standard InChI is InChI=1S/C13H16BrN3/c1-2-3-8-15-13-16-9-10-17(13)12-7-5-4-6-11(12)14/h4-7,9-10H,2-3,8H2,1H3,(H,15,16). The summed E-state index contributed by atoms with van der Waals surface area (Å²) < 4.78 is 3.12. The molecule has 0 unspecified atom stereocenters. The number of hydrogen-bond donors (Lipinski definition) is 1. The van der Waals surface area contributed by atoms with Crippen molar-refractivity contribution in [3.63, 3.8) is 0 Å². The van der Waals surface area contributed by atoms with Gasteiger partial charge in [0, 0.05) is 23.4 Å². The maximum absolute atomic E-state index is 4.34. The summed E-state index contributed by atoms with van der Waals surface area (Å²) in [6, 6.07) is 8.13. The SMILES string of the molecule is CCCCNc1nccn1-c1ccccc1Br. The average molecular weight is 294 g/mol. The van der Waals surface area contributed by atoms with Crippen LogP contribution in [-0.2, 0) is 0 Å². The Bertz CT molecular complexity index is 479. The molecule has 0 fully saturated rings. The molecule has 0 aliphatic rings. The predicted octanol–water partition coefficient (Wildman–Crippen LogP) is 3.85. The smallest absolute Gasteiger partial charge is 0.207 e. The van der Waals surface area contributed by atoms with E-state index in [2.05, 4.69) is 43.8 Å². The van der Waals surface area contributed by atoms with E-state index >= 15 is 0 Å². The first-order valence-corrected chi connectivity index (χ1v) is 6.64.